The van der Waals surface area contributed by atoms with Gasteiger partial charge in [-0.1, -0.05) is 0 Å². The standard InChI is InChI=1S/C15H22BN3O5/c1-14(2)15(3,4)24-16(23-14)9(8-20)6-10-7-18-12(17)11(19-10)13(21)22-5/h6-7,20H,8H2,1-5H3,(H2,17,18). The molecule has 24 heavy (non-hydrogen) atoms. The van der Waals surface area contributed by atoms with Gasteiger partial charge in [-0.2, -0.15) is 0 Å². The Morgan fingerprint density at radius 1 is 1.38 bits per heavy atom. The fourth-order valence-corrected chi connectivity index (χ4v) is 2.10. The van der Waals surface area contributed by atoms with Crippen molar-refractivity contribution in [1.82, 2.24) is 9.97 Å². The molecule has 0 aromatic carbocycles. The zero-order chi connectivity index (χ0) is 18.1. The van der Waals surface area contributed by atoms with Crippen LogP contribution in [0.2, 0.25) is 0 Å². The van der Waals surface area contributed by atoms with Gasteiger partial charge < -0.3 is 24.9 Å². The van der Waals surface area contributed by atoms with E-state index in [2.05, 4.69) is 14.7 Å². The number of aliphatic hydroxyl groups excluding tert-OH is 1. The summed E-state index contributed by atoms with van der Waals surface area (Å²) < 4.78 is 16.4. The molecule has 0 aliphatic carbocycles. The highest BCUT2D eigenvalue weighted by Gasteiger charge is 2.52. The van der Waals surface area contributed by atoms with Crippen LogP contribution in [0.5, 0.6) is 0 Å². The van der Waals surface area contributed by atoms with Crippen molar-refractivity contribution in [3.8, 4) is 0 Å². The molecule has 2 rings (SSSR count). The van der Waals surface area contributed by atoms with Gasteiger partial charge in [-0.15, -0.1) is 0 Å². The molecule has 0 radical (unpaired) electrons. The van der Waals surface area contributed by atoms with Crippen LogP contribution < -0.4 is 5.73 Å². The minimum absolute atomic E-state index is 0.0276. The van der Waals surface area contributed by atoms with Crippen LogP contribution in [0.15, 0.2) is 11.7 Å². The number of aromatic nitrogens is 2. The molecule has 1 fully saturated rings. The van der Waals surface area contributed by atoms with E-state index in [0.29, 0.717) is 11.2 Å². The van der Waals surface area contributed by atoms with Crippen LogP contribution in [0.25, 0.3) is 6.08 Å². The molecule has 1 aliphatic rings. The van der Waals surface area contributed by atoms with Gasteiger partial charge in [0.2, 0.25) is 0 Å². The van der Waals surface area contributed by atoms with Gasteiger partial charge in [0.1, 0.15) is 0 Å². The van der Waals surface area contributed by atoms with Gasteiger partial charge in [0.15, 0.2) is 11.5 Å². The van der Waals surface area contributed by atoms with Gasteiger partial charge in [0.05, 0.1) is 36.8 Å². The molecule has 0 spiro atoms. The highest BCUT2D eigenvalue weighted by atomic mass is 16.7. The third kappa shape index (κ3) is 3.43. The first kappa shape index (κ1) is 18.4. The fraction of sp³-hybridized carbons (Fsp3) is 0.533. The second-order valence-electron chi connectivity index (χ2n) is 6.49. The first-order valence-corrected chi connectivity index (χ1v) is 7.49. The van der Waals surface area contributed by atoms with E-state index in [1.807, 2.05) is 27.7 Å². The minimum atomic E-state index is -0.721. The molecule has 3 N–H and O–H groups in total. The summed E-state index contributed by atoms with van der Waals surface area (Å²) in [5.41, 5.74) is 5.28. The van der Waals surface area contributed by atoms with Gasteiger partial charge in [-0.05, 0) is 39.2 Å². The summed E-state index contributed by atoms with van der Waals surface area (Å²) in [7, 11) is 0.510. The second kappa shape index (κ2) is 6.50. The van der Waals surface area contributed by atoms with Gasteiger partial charge in [0.25, 0.3) is 0 Å². The maximum Gasteiger partial charge on any atom is 0.492 e. The Morgan fingerprint density at radius 3 is 2.46 bits per heavy atom. The van der Waals surface area contributed by atoms with Crippen LogP contribution in [-0.4, -0.2) is 53.1 Å². The molecular weight excluding hydrogens is 313 g/mol. The van der Waals surface area contributed by atoms with Crippen molar-refractivity contribution < 1.29 is 23.9 Å². The Kier molecular flexibility index (Phi) is 4.98. The van der Waals surface area contributed by atoms with Crippen molar-refractivity contribution in [2.75, 3.05) is 19.5 Å². The zero-order valence-corrected chi connectivity index (χ0v) is 14.5. The summed E-state index contributed by atoms with van der Waals surface area (Å²) in [6.07, 6.45) is 2.95. The highest BCUT2D eigenvalue weighted by molar-refractivity contribution is 6.55. The number of nitrogens with zero attached hydrogens (tertiary/aromatic N) is 2. The molecule has 2 heterocycles. The van der Waals surface area contributed by atoms with E-state index in [0.717, 1.165) is 0 Å². The Labute approximate surface area is 141 Å². The van der Waals surface area contributed by atoms with Crippen molar-refractivity contribution >= 4 is 25.0 Å². The number of nitrogens with two attached hydrogens (primary N) is 1. The number of anilines is 1. The first-order chi connectivity index (χ1) is 11.1. The quantitative estimate of drug-likeness (QED) is 0.614. The average Bonchev–Trinajstić information content (AvgIpc) is 2.73. The van der Waals surface area contributed by atoms with Crippen LogP contribution in [0, 0.1) is 0 Å². The molecule has 0 amide bonds. The number of ether oxygens (including phenoxy) is 1. The molecule has 1 saturated heterocycles. The number of rotatable bonds is 4. The topological polar surface area (TPSA) is 117 Å². The predicted octanol–water partition coefficient (Wildman–Crippen LogP) is 0.852. The van der Waals surface area contributed by atoms with Gasteiger partial charge >= 0.3 is 13.1 Å². The predicted molar refractivity (Wildman–Crippen MR) is 88.9 cm³/mol. The molecule has 1 aliphatic heterocycles. The number of carbonyl (C=O) groups is 1. The molecule has 0 unspecified atom stereocenters. The third-order valence-electron chi connectivity index (χ3n) is 4.27. The molecule has 0 saturated carbocycles. The number of aliphatic hydroxyl groups is 1. The van der Waals surface area contributed by atoms with E-state index >= 15 is 0 Å². The normalized spacial score (nSPS) is 19.4. The molecule has 130 valence electrons. The third-order valence-corrected chi connectivity index (χ3v) is 4.27. The number of hydrogen-bond donors (Lipinski definition) is 2. The molecule has 1 aromatic heterocycles. The summed E-state index contributed by atoms with van der Waals surface area (Å²) >= 11 is 0. The molecule has 0 bridgehead atoms. The van der Waals surface area contributed by atoms with Gasteiger partial charge in [-0.25, -0.2) is 14.8 Å². The summed E-state index contributed by atoms with van der Waals surface area (Å²) in [6.45, 7) is 7.37. The van der Waals surface area contributed by atoms with Crippen LogP contribution in [0.1, 0.15) is 43.9 Å². The van der Waals surface area contributed by atoms with Crippen molar-refractivity contribution in [3.63, 3.8) is 0 Å². The van der Waals surface area contributed by atoms with Crippen molar-refractivity contribution in [1.29, 1.82) is 0 Å². The highest BCUT2D eigenvalue weighted by Crippen LogP contribution is 2.38. The largest absolute Gasteiger partial charge is 0.492 e. The Morgan fingerprint density at radius 2 is 1.96 bits per heavy atom. The number of methoxy groups -OCH3 is 1. The Bertz CT molecular complexity index is 659. The minimum Gasteiger partial charge on any atom is -0.464 e. The lowest BCUT2D eigenvalue weighted by molar-refractivity contribution is 0.00578. The second-order valence-corrected chi connectivity index (χ2v) is 6.49. The zero-order valence-electron chi connectivity index (χ0n) is 14.5. The van der Waals surface area contributed by atoms with Crippen LogP contribution in [0.3, 0.4) is 0 Å². The van der Waals surface area contributed by atoms with Crippen LogP contribution in [-0.2, 0) is 14.0 Å². The molecule has 0 atom stereocenters. The van der Waals surface area contributed by atoms with Gasteiger partial charge in [-0.3, -0.25) is 0 Å². The number of esters is 1. The smallest absolute Gasteiger partial charge is 0.464 e. The van der Waals surface area contributed by atoms with Crippen LogP contribution in [0.4, 0.5) is 5.82 Å². The number of nitrogen functional groups attached to an aromatic ring is 1. The molecule has 9 heteroatoms. The fourth-order valence-electron chi connectivity index (χ4n) is 2.10. The molecule has 8 nitrogen and oxygen atoms in total. The Hall–Kier alpha value is -1.97. The van der Waals surface area contributed by atoms with Crippen molar-refractivity contribution in [3.05, 3.63) is 23.1 Å². The van der Waals surface area contributed by atoms with E-state index in [1.165, 1.54) is 13.3 Å². The van der Waals surface area contributed by atoms with E-state index in [-0.39, 0.29) is 18.1 Å². The summed E-state index contributed by atoms with van der Waals surface area (Å²) in [5, 5.41) is 9.67. The van der Waals surface area contributed by atoms with E-state index in [9.17, 15) is 9.90 Å². The number of hydrogen-bond acceptors (Lipinski definition) is 8. The maximum absolute atomic E-state index is 11.6. The lowest BCUT2D eigenvalue weighted by atomic mass is 9.78. The maximum atomic E-state index is 11.6. The SMILES string of the molecule is COC(=O)c1nc(C=C(CO)B2OC(C)(C)C(C)(C)O2)cnc1N. The first-order valence-electron chi connectivity index (χ1n) is 7.49. The van der Waals surface area contributed by atoms with Crippen molar-refractivity contribution in [2.45, 2.75) is 38.9 Å². The van der Waals surface area contributed by atoms with Gasteiger partial charge in [0, 0.05) is 0 Å². The van der Waals surface area contributed by atoms with E-state index in [4.69, 9.17) is 15.0 Å². The monoisotopic (exact) mass is 335 g/mol. The molecule has 1 aromatic rings. The van der Waals surface area contributed by atoms with Crippen molar-refractivity contribution in [2.24, 2.45) is 0 Å². The number of carbonyl (C=O) groups excluding carboxylic acids is 1. The summed E-state index contributed by atoms with van der Waals surface area (Å²) in [5.74, 6) is -0.711. The van der Waals surface area contributed by atoms with Crippen LogP contribution >= 0.6 is 0 Å². The summed E-state index contributed by atoms with van der Waals surface area (Å²) in [4.78, 5) is 19.7. The summed E-state index contributed by atoms with van der Waals surface area (Å²) in [6, 6.07) is 0. The lowest BCUT2D eigenvalue weighted by Crippen LogP contribution is -2.41. The Balaban J connectivity index is 2.34. The average molecular weight is 335 g/mol. The van der Waals surface area contributed by atoms with E-state index < -0.39 is 24.3 Å². The molecular formula is C15H22BN3O5. The van der Waals surface area contributed by atoms with E-state index in [1.54, 1.807) is 6.08 Å². The lowest BCUT2D eigenvalue weighted by Gasteiger charge is -2.32.